The number of hydrogen-bond donors (Lipinski definition) is 2. The number of rotatable bonds is 2. The lowest BCUT2D eigenvalue weighted by molar-refractivity contribution is 0.0696. The van der Waals surface area contributed by atoms with Crippen LogP contribution in [0.25, 0.3) is 0 Å². The summed E-state index contributed by atoms with van der Waals surface area (Å²) >= 11 is 0. The molecule has 1 aromatic rings. The molecule has 2 N–H and O–H groups in total. The van der Waals surface area contributed by atoms with Gasteiger partial charge in [-0.25, -0.2) is 4.79 Å². The Labute approximate surface area is 89.1 Å². The van der Waals surface area contributed by atoms with Crippen LogP contribution in [0, 0.1) is 0 Å². The van der Waals surface area contributed by atoms with Crippen molar-refractivity contribution in [3.05, 3.63) is 34.9 Å². The van der Waals surface area contributed by atoms with Gasteiger partial charge in [0.2, 0.25) is 0 Å². The summed E-state index contributed by atoms with van der Waals surface area (Å²) in [5.41, 5.74) is 2.87. The number of hydrogen-bond acceptors (Lipinski definition) is 2. The topological polar surface area (TPSA) is 49.3 Å². The molecule has 3 heteroatoms. The smallest absolute Gasteiger partial charge is 0.335 e. The molecule has 1 unspecified atom stereocenters. The highest BCUT2D eigenvalue weighted by molar-refractivity contribution is 5.87. The summed E-state index contributed by atoms with van der Waals surface area (Å²) < 4.78 is 0. The van der Waals surface area contributed by atoms with E-state index < -0.39 is 5.97 Å². The monoisotopic (exact) mass is 205 g/mol. The van der Waals surface area contributed by atoms with Gasteiger partial charge in [0.15, 0.2) is 0 Å². The largest absolute Gasteiger partial charge is 0.478 e. The first-order chi connectivity index (χ1) is 7.20. The van der Waals surface area contributed by atoms with Gasteiger partial charge in [-0.1, -0.05) is 6.07 Å². The van der Waals surface area contributed by atoms with Crippen molar-refractivity contribution < 1.29 is 9.90 Å². The van der Waals surface area contributed by atoms with E-state index >= 15 is 0 Å². The van der Waals surface area contributed by atoms with Gasteiger partial charge in [-0.3, -0.25) is 0 Å². The van der Waals surface area contributed by atoms with E-state index in [9.17, 15) is 4.79 Å². The van der Waals surface area contributed by atoms with Gasteiger partial charge in [0.1, 0.15) is 0 Å². The molecule has 2 rings (SSSR count). The van der Waals surface area contributed by atoms with Crippen LogP contribution < -0.4 is 5.32 Å². The highest BCUT2D eigenvalue weighted by Crippen LogP contribution is 2.22. The summed E-state index contributed by atoms with van der Waals surface area (Å²) in [6.45, 7) is 0. The minimum atomic E-state index is -0.843. The Morgan fingerprint density at radius 2 is 2.27 bits per heavy atom. The van der Waals surface area contributed by atoms with E-state index in [2.05, 4.69) is 5.32 Å². The first-order valence-corrected chi connectivity index (χ1v) is 5.23. The molecule has 0 saturated heterocycles. The summed E-state index contributed by atoms with van der Waals surface area (Å²) in [5.74, 6) is -0.843. The molecule has 0 fully saturated rings. The van der Waals surface area contributed by atoms with Crippen molar-refractivity contribution >= 4 is 5.97 Å². The van der Waals surface area contributed by atoms with Crippen molar-refractivity contribution in [3.63, 3.8) is 0 Å². The summed E-state index contributed by atoms with van der Waals surface area (Å²) in [6, 6.07) is 5.94. The van der Waals surface area contributed by atoms with Crippen LogP contribution in [0.15, 0.2) is 18.2 Å². The first-order valence-electron chi connectivity index (χ1n) is 5.23. The highest BCUT2D eigenvalue weighted by atomic mass is 16.4. The van der Waals surface area contributed by atoms with Crippen LogP contribution in [0.3, 0.4) is 0 Å². The summed E-state index contributed by atoms with van der Waals surface area (Å²) in [4.78, 5) is 10.8. The molecule has 80 valence electrons. The Bertz CT molecular complexity index is 387. The Kier molecular flexibility index (Phi) is 2.73. The average molecular weight is 205 g/mol. The maximum atomic E-state index is 10.8. The zero-order chi connectivity index (χ0) is 10.8. The highest BCUT2D eigenvalue weighted by Gasteiger charge is 2.18. The molecule has 0 saturated carbocycles. The number of benzene rings is 1. The number of likely N-dealkylation sites (N-methyl/N-ethyl adjacent to an activating group) is 1. The number of carboxylic acid groups (broad SMARTS) is 1. The average Bonchev–Trinajstić information content (AvgIpc) is 2.27. The van der Waals surface area contributed by atoms with E-state index in [4.69, 9.17) is 5.11 Å². The number of carbonyl (C=O) groups is 1. The predicted molar refractivity (Wildman–Crippen MR) is 58.3 cm³/mol. The molecule has 0 aromatic heterocycles. The van der Waals surface area contributed by atoms with Crippen LogP contribution in [-0.4, -0.2) is 24.2 Å². The van der Waals surface area contributed by atoms with Crippen LogP contribution in [0.1, 0.15) is 27.9 Å². The third-order valence-corrected chi connectivity index (χ3v) is 3.09. The van der Waals surface area contributed by atoms with Gasteiger partial charge < -0.3 is 10.4 Å². The Morgan fingerprint density at radius 1 is 1.47 bits per heavy atom. The van der Waals surface area contributed by atoms with E-state index in [1.165, 1.54) is 11.1 Å². The molecule has 0 amide bonds. The quantitative estimate of drug-likeness (QED) is 0.768. The van der Waals surface area contributed by atoms with Gasteiger partial charge in [-0.15, -0.1) is 0 Å². The molecule has 1 aromatic carbocycles. The molecule has 3 nitrogen and oxygen atoms in total. The standard InChI is InChI=1S/C12H15NO2/c1-13-11-5-4-8-2-3-9(12(14)15)6-10(8)7-11/h2-3,6,11,13H,4-5,7H2,1H3,(H,14,15). The van der Waals surface area contributed by atoms with E-state index in [1.807, 2.05) is 13.1 Å². The second kappa shape index (κ2) is 4.03. The van der Waals surface area contributed by atoms with E-state index in [0.29, 0.717) is 11.6 Å². The summed E-state index contributed by atoms with van der Waals surface area (Å²) in [7, 11) is 1.96. The molecule has 0 radical (unpaired) electrons. The van der Waals surface area contributed by atoms with Crippen LogP contribution in [0.5, 0.6) is 0 Å². The molecular formula is C12H15NO2. The molecular weight excluding hydrogens is 190 g/mol. The van der Waals surface area contributed by atoms with Crippen molar-refractivity contribution in [2.45, 2.75) is 25.3 Å². The molecule has 1 aliphatic rings. The summed E-state index contributed by atoms with van der Waals surface area (Å²) in [5, 5.41) is 12.1. The normalized spacial score (nSPS) is 19.7. The third kappa shape index (κ3) is 2.02. The molecule has 15 heavy (non-hydrogen) atoms. The molecule has 0 spiro atoms. The second-order valence-electron chi connectivity index (χ2n) is 4.02. The molecule has 0 heterocycles. The van der Waals surface area contributed by atoms with Crippen molar-refractivity contribution in [3.8, 4) is 0 Å². The third-order valence-electron chi connectivity index (χ3n) is 3.09. The Balaban J connectivity index is 2.30. The Hall–Kier alpha value is -1.35. The lowest BCUT2D eigenvalue weighted by Gasteiger charge is -2.24. The van der Waals surface area contributed by atoms with Gasteiger partial charge in [0.05, 0.1) is 5.56 Å². The fourth-order valence-corrected chi connectivity index (χ4v) is 2.14. The number of nitrogens with one attached hydrogen (secondary N) is 1. The number of aromatic carboxylic acids is 1. The van der Waals surface area contributed by atoms with Crippen molar-refractivity contribution in [1.29, 1.82) is 0 Å². The lowest BCUT2D eigenvalue weighted by Crippen LogP contribution is -2.31. The van der Waals surface area contributed by atoms with Gasteiger partial charge in [0.25, 0.3) is 0 Å². The van der Waals surface area contributed by atoms with E-state index in [-0.39, 0.29) is 0 Å². The zero-order valence-electron chi connectivity index (χ0n) is 8.79. The van der Waals surface area contributed by atoms with Gasteiger partial charge in [-0.2, -0.15) is 0 Å². The first kappa shape index (κ1) is 10.2. The van der Waals surface area contributed by atoms with Crippen molar-refractivity contribution in [2.24, 2.45) is 0 Å². The predicted octanol–water partition coefficient (Wildman–Crippen LogP) is 1.46. The van der Waals surface area contributed by atoms with Crippen molar-refractivity contribution in [1.82, 2.24) is 5.32 Å². The molecule has 1 aliphatic carbocycles. The maximum Gasteiger partial charge on any atom is 0.335 e. The molecule has 1 atom stereocenters. The molecule has 0 bridgehead atoms. The van der Waals surface area contributed by atoms with Gasteiger partial charge >= 0.3 is 5.97 Å². The fourth-order valence-electron chi connectivity index (χ4n) is 2.14. The second-order valence-corrected chi connectivity index (χ2v) is 4.02. The molecule has 0 aliphatic heterocycles. The van der Waals surface area contributed by atoms with Crippen LogP contribution in [0.4, 0.5) is 0 Å². The SMILES string of the molecule is CNC1CCc2ccc(C(=O)O)cc2C1. The minimum Gasteiger partial charge on any atom is -0.478 e. The van der Waals surface area contributed by atoms with Crippen LogP contribution in [-0.2, 0) is 12.8 Å². The van der Waals surface area contributed by atoms with E-state index in [1.54, 1.807) is 12.1 Å². The van der Waals surface area contributed by atoms with Crippen LogP contribution >= 0.6 is 0 Å². The lowest BCUT2D eigenvalue weighted by atomic mass is 9.87. The van der Waals surface area contributed by atoms with Crippen molar-refractivity contribution in [2.75, 3.05) is 7.05 Å². The van der Waals surface area contributed by atoms with Crippen LogP contribution in [0.2, 0.25) is 0 Å². The maximum absolute atomic E-state index is 10.8. The fraction of sp³-hybridized carbons (Fsp3) is 0.417. The van der Waals surface area contributed by atoms with Gasteiger partial charge in [0, 0.05) is 6.04 Å². The number of aryl methyl sites for hydroxylation is 1. The minimum absolute atomic E-state index is 0.394. The zero-order valence-corrected chi connectivity index (χ0v) is 8.79. The number of carboxylic acids is 1. The Morgan fingerprint density at radius 3 is 2.93 bits per heavy atom. The summed E-state index contributed by atoms with van der Waals surface area (Å²) in [6.07, 6.45) is 3.11. The van der Waals surface area contributed by atoms with E-state index in [0.717, 1.165) is 19.3 Å². The van der Waals surface area contributed by atoms with Gasteiger partial charge in [-0.05, 0) is 49.6 Å². The number of fused-ring (bicyclic) bond motifs is 1.